The summed E-state index contributed by atoms with van der Waals surface area (Å²) < 4.78 is 16.7. The summed E-state index contributed by atoms with van der Waals surface area (Å²) >= 11 is 8.91. The number of thiophene rings is 1. The zero-order valence-electron chi connectivity index (χ0n) is 19.6. The predicted octanol–water partition coefficient (Wildman–Crippen LogP) is 5.64. The standard InChI is InChI=1S/C24H27ClN2O5S2/c1-5-32-24(29)18-14-33-22(26-18)13-27(10-6-7-17-8-9-21(25)34-17)23(28)16-11-19(30-3)15(2)20(12-16)31-4/h8-9,11-12,14H,5-7,10,13H2,1-4H3. The SMILES string of the molecule is CCOC(=O)c1csc(CN(CCCc2ccc(Cl)s2)C(=O)c2cc(OC)c(C)c(OC)c2)n1. The summed E-state index contributed by atoms with van der Waals surface area (Å²) in [5, 5.41) is 2.31. The number of hydrogen-bond donors (Lipinski definition) is 0. The van der Waals surface area contributed by atoms with E-state index >= 15 is 0 Å². The molecule has 0 fully saturated rings. The van der Waals surface area contributed by atoms with Crippen molar-refractivity contribution in [1.29, 1.82) is 0 Å². The summed E-state index contributed by atoms with van der Waals surface area (Å²) in [6.07, 6.45) is 1.55. The van der Waals surface area contributed by atoms with Gasteiger partial charge in [0.05, 0.1) is 31.7 Å². The van der Waals surface area contributed by atoms with Crippen LogP contribution in [-0.4, -0.2) is 49.1 Å². The van der Waals surface area contributed by atoms with Crippen LogP contribution in [0, 0.1) is 6.92 Å². The van der Waals surface area contributed by atoms with Crippen molar-refractivity contribution in [2.45, 2.75) is 33.2 Å². The molecular weight excluding hydrogens is 496 g/mol. The summed E-state index contributed by atoms with van der Waals surface area (Å²) in [6.45, 7) is 4.67. The van der Waals surface area contributed by atoms with Crippen molar-refractivity contribution in [3.8, 4) is 11.5 Å². The first-order valence-electron chi connectivity index (χ1n) is 10.7. The normalized spacial score (nSPS) is 10.7. The predicted molar refractivity (Wildman–Crippen MR) is 135 cm³/mol. The van der Waals surface area contributed by atoms with E-state index in [0.717, 1.165) is 27.6 Å². The lowest BCUT2D eigenvalue weighted by Gasteiger charge is -2.23. The molecule has 0 unspecified atom stereocenters. The lowest BCUT2D eigenvalue weighted by Crippen LogP contribution is -2.32. The lowest BCUT2D eigenvalue weighted by atomic mass is 10.1. The van der Waals surface area contributed by atoms with Crippen LogP contribution in [0.1, 0.15) is 49.6 Å². The van der Waals surface area contributed by atoms with Gasteiger partial charge >= 0.3 is 5.97 Å². The van der Waals surface area contributed by atoms with E-state index in [0.29, 0.717) is 28.6 Å². The van der Waals surface area contributed by atoms with E-state index in [4.69, 9.17) is 25.8 Å². The van der Waals surface area contributed by atoms with Crippen LogP contribution >= 0.6 is 34.3 Å². The number of ether oxygens (including phenoxy) is 3. The molecule has 10 heteroatoms. The smallest absolute Gasteiger partial charge is 0.357 e. The van der Waals surface area contributed by atoms with Crippen molar-refractivity contribution >= 4 is 46.2 Å². The third kappa shape index (κ3) is 6.49. The number of halogens is 1. The van der Waals surface area contributed by atoms with Crippen molar-refractivity contribution in [3.63, 3.8) is 0 Å². The van der Waals surface area contributed by atoms with Crippen LogP contribution in [-0.2, 0) is 17.7 Å². The molecule has 0 N–H and O–H groups in total. The molecule has 0 saturated heterocycles. The zero-order chi connectivity index (χ0) is 24.7. The fourth-order valence-electron chi connectivity index (χ4n) is 3.42. The fraction of sp³-hybridized carbons (Fsp3) is 0.375. The number of carbonyl (C=O) groups is 2. The highest BCUT2D eigenvalue weighted by Crippen LogP contribution is 2.30. The largest absolute Gasteiger partial charge is 0.496 e. The molecule has 1 aromatic carbocycles. The number of methoxy groups -OCH3 is 2. The highest BCUT2D eigenvalue weighted by Gasteiger charge is 2.22. The average molecular weight is 523 g/mol. The minimum absolute atomic E-state index is 0.173. The molecule has 0 bridgehead atoms. The molecule has 1 amide bonds. The number of aryl methyl sites for hydroxylation is 1. The molecule has 2 aromatic heterocycles. The molecule has 34 heavy (non-hydrogen) atoms. The van der Waals surface area contributed by atoms with Crippen LogP contribution < -0.4 is 9.47 Å². The van der Waals surface area contributed by atoms with Crippen LogP contribution in [0.15, 0.2) is 29.6 Å². The molecule has 3 rings (SSSR count). The number of benzene rings is 1. The van der Waals surface area contributed by atoms with E-state index in [2.05, 4.69) is 4.98 Å². The lowest BCUT2D eigenvalue weighted by molar-refractivity contribution is 0.0520. The van der Waals surface area contributed by atoms with Crippen molar-refractivity contribution in [2.75, 3.05) is 27.4 Å². The minimum Gasteiger partial charge on any atom is -0.496 e. The van der Waals surface area contributed by atoms with Crippen LogP contribution in [0.2, 0.25) is 4.34 Å². The zero-order valence-corrected chi connectivity index (χ0v) is 21.9. The van der Waals surface area contributed by atoms with E-state index in [1.165, 1.54) is 22.7 Å². The van der Waals surface area contributed by atoms with Gasteiger partial charge < -0.3 is 19.1 Å². The maximum absolute atomic E-state index is 13.6. The summed E-state index contributed by atoms with van der Waals surface area (Å²) in [6, 6.07) is 7.32. The monoisotopic (exact) mass is 522 g/mol. The topological polar surface area (TPSA) is 78.0 Å². The number of carbonyl (C=O) groups excluding carboxylic acids is 2. The first-order valence-corrected chi connectivity index (χ1v) is 12.8. The number of nitrogens with zero attached hydrogens (tertiary/aromatic N) is 2. The van der Waals surface area contributed by atoms with E-state index in [1.54, 1.807) is 43.6 Å². The Hall–Kier alpha value is -2.62. The van der Waals surface area contributed by atoms with Gasteiger partial charge in [-0.1, -0.05) is 11.6 Å². The number of rotatable bonds is 11. The molecule has 0 radical (unpaired) electrons. The van der Waals surface area contributed by atoms with Crippen LogP contribution in [0.25, 0.3) is 0 Å². The van der Waals surface area contributed by atoms with Crippen LogP contribution in [0.4, 0.5) is 0 Å². The molecule has 3 aromatic rings. The van der Waals surface area contributed by atoms with Gasteiger partial charge in [-0.15, -0.1) is 22.7 Å². The van der Waals surface area contributed by atoms with Gasteiger partial charge in [-0.2, -0.15) is 0 Å². The summed E-state index contributed by atoms with van der Waals surface area (Å²) in [5.74, 6) is 0.517. The average Bonchev–Trinajstić information content (AvgIpc) is 3.47. The maximum Gasteiger partial charge on any atom is 0.357 e. The van der Waals surface area contributed by atoms with E-state index in [1.807, 2.05) is 19.1 Å². The molecule has 0 spiro atoms. The van der Waals surface area contributed by atoms with Crippen molar-refractivity contribution in [2.24, 2.45) is 0 Å². The van der Waals surface area contributed by atoms with Crippen molar-refractivity contribution in [3.05, 3.63) is 60.7 Å². The molecule has 2 heterocycles. The minimum atomic E-state index is -0.467. The first-order chi connectivity index (χ1) is 16.4. The Morgan fingerprint density at radius 2 is 1.85 bits per heavy atom. The number of aromatic nitrogens is 1. The van der Waals surface area contributed by atoms with Gasteiger partial charge in [-0.25, -0.2) is 9.78 Å². The Kier molecular flexibility index (Phi) is 9.32. The van der Waals surface area contributed by atoms with Gasteiger partial charge in [0.15, 0.2) is 5.69 Å². The fourth-order valence-corrected chi connectivity index (χ4v) is 5.33. The summed E-state index contributed by atoms with van der Waals surface area (Å²) in [7, 11) is 3.12. The Morgan fingerprint density at radius 3 is 2.44 bits per heavy atom. The van der Waals surface area contributed by atoms with E-state index in [9.17, 15) is 9.59 Å². The van der Waals surface area contributed by atoms with Crippen molar-refractivity contribution < 1.29 is 23.8 Å². The molecule has 0 saturated carbocycles. The second-order valence-electron chi connectivity index (χ2n) is 7.39. The van der Waals surface area contributed by atoms with Crippen molar-refractivity contribution in [1.82, 2.24) is 9.88 Å². The maximum atomic E-state index is 13.6. The first kappa shape index (κ1) is 26.0. The van der Waals surface area contributed by atoms with Gasteiger partial charge in [0, 0.05) is 27.9 Å². The number of amides is 1. The molecule has 7 nitrogen and oxygen atoms in total. The third-order valence-corrected chi connectivity index (χ3v) is 7.25. The number of esters is 1. The molecule has 182 valence electrons. The Bertz CT molecular complexity index is 1120. The quantitative estimate of drug-likeness (QED) is 0.303. The number of thiazole rings is 1. The molecule has 0 aliphatic carbocycles. The van der Waals surface area contributed by atoms with Gasteiger partial charge in [0.1, 0.15) is 16.5 Å². The summed E-state index contributed by atoms with van der Waals surface area (Å²) in [4.78, 5) is 32.8. The van der Waals surface area contributed by atoms with Crippen LogP contribution in [0.3, 0.4) is 0 Å². The molecule has 0 aliphatic rings. The van der Waals surface area contributed by atoms with Gasteiger partial charge in [0.2, 0.25) is 0 Å². The highest BCUT2D eigenvalue weighted by atomic mass is 35.5. The third-order valence-electron chi connectivity index (χ3n) is 5.13. The summed E-state index contributed by atoms with van der Waals surface area (Å²) in [5.41, 5.74) is 1.53. The molecule has 0 aliphatic heterocycles. The van der Waals surface area contributed by atoms with E-state index < -0.39 is 5.97 Å². The van der Waals surface area contributed by atoms with Crippen LogP contribution in [0.5, 0.6) is 11.5 Å². The van der Waals surface area contributed by atoms with Gasteiger partial charge in [-0.3, -0.25) is 4.79 Å². The Balaban J connectivity index is 1.83. The second-order valence-corrected chi connectivity index (χ2v) is 10.1. The Morgan fingerprint density at radius 1 is 1.15 bits per heavy atom. The van der Waals surface area contributed by atoms with E-state index in [-0.39, 0.29) is 24.8 Å². The highest BCUT2D eigenvalue weighted by molar-refractivity contribution is 7.16. The van der Waals surface area contributed by atoms with Gasteiger partial charge in [0.25, 0.3) is 5.91 Å². The molecule has 0 atom stereocenters. The number of hydrogen-bond acceptors (Lipinski definition) is 8. The molecular formula is C24H27ClN2O5S2. The second kappa shape index (κ2) is 12.2. The Labute approximate surface area is 212 Å². The van der Waals surface area contributed by atoms with Gasteiger partial charge in [-0.05, 0) is 51.0 Å².